The molecule has 0 heterocycles. The molecule has 1 aromatic rings. The van der Waals surface area contributed by atoms with E-state index in [-0.39, 0.29) is 54.5 Å². The molecule has 0 amide bonds. The number of sulfone groups is 1. The molecule has 1 aromatic carbocycles. The Kier molecular flexibility index (Phi) is 8.66. The largest absolute Gasteiger partial charge is 0.573 e. The number of ether oxygens (including phenoxy) is 1. The molecule has 0 radical (unpaired) electrons. The molecule has 11 heteroatoms. The zero-order valence-electron chi connectivity index (χ0n) is 12.1. The number of aliphatic imine (C=N–C) groups is 1. The van der Waals surface area contributed by atoms with E-state index < -0.39 is 16.2 Å². The molecule has 0 bridgehead atoms. The number of hydrogen-bond acceptors (Lipinski definition) is 4. The van der Waals surface area contributed by atoms with Crippen LogP contribution >= 0.6 is 24.0 Å². The van der Waals surface area contributed by atoms with E-state index in [1.807, 2.05) is 0 Å². The second kappa shape index (κ2) is 9.15. The van der Waals surface area contributed by atoms with E-state index in [0.717, 1.165) is 6.26 Å². The lowest BCUT2D eigenvalue weighted by Gasteiger charge is -2.09. The lowest BCUT2D eigenvalue weighted by Crippen LogP contribution is -2.35. The molecule has 0 fully saturated rings. The van der Waals surface area contributed by atoms with Crippen LogP contribution in [0.1, 0.15) is 5.56 Å². The van der Waals surface area contributed by atoms with Gasteiger partial charge in [-0.25, -0.2) is 13.4 Å². The summed E-state index contributed by atoms with van der Waals surface area (Å²) in [6.45, 7) is 0.274. The predicted molar refractivity (Wildman–Crippen MR) is 91.6 cm³/mol. The van der Waals surface area contributed by atoms with Crippen molar-refractivity contribution in [3.05, 3.63) is 29.8 Å². The van der Waals surface area contributed by atoms with Gasteiger partial charge in [0.1, 0.15) is 15.6 Å². The topological polar surface area (TPSA) is 93.8 Å². The van der Waals surface area contributed by atoms with Gasteiger partial charge in [-0.2, -0.15) is 0 Å². The molecule has 6 nitrogen and oxygen atoms in total. The molecule has 0 unspecified atom stereocenters. The van der Waals surface area contributed by atoms with E-state index in [1.165, 1.54) is 24.3 Å². The van der Waals surface area contributed by atoms with Crippen molar-refractivity contribution in [2.75, 3.05) is 18.6 Å². The van der Waals surface area contributed by atoms with Crippen LogP contribution in [0.15, 0.2) is 29.3 Å². The van der Waals surface area contributed by atoms with Crippen LogP contribution in [0.5, 0.6) is 5.75 Å². The fraction of sp³-hybridized carbons (Fsp3) is 0.417. The zero-order valence-corrected chi connectivity index (χ0v) is 15.3. The second-order valence-electron chi connectivity index (χ2n) is 4.45. The van der Waals surface area contributed by atoms with Crippen LogP contribution < -0.4 is 15.8 Å². The van der Waals surface area contributed by atoms with Gasteiger partial charge >= 0.3 is 6.36 Å². The minimum Gasteiger partial charge on any atom is -0.406 e. The van der Waals surface area contributed by atoms with Crippen LogP contribution in [-0.4, -0.2) is 39.3 Å². The van der Waals surface area contributed by atoms with E-state index in [9.17, 15) is 21.6 Å². The number of rotatable bonds is 6. The Labute approximate surface area is 149 Å². The van der Waals surface area contributed by atoms with Crippen LogP contribution in [-0.2, 0) is 16.4 Å². The maximum absolute atomic E-state index is 12.0. The number of hydrogen-bond donors (Lipinski definition) is 2. The smallest absolute Gasteiger partial charge is 0.406 e. The van der Waals surface area contributed by atoms with Gasteiger partial charge in [-0.1, -0.05) is 12.1 Å². The monoisotopic (exact) mass is 467 g/mol. The van der Waals surface area contributed by atoms with Gasteiger partial charge in [0, 0.05) is 12.8 Å². The van der Waals surface area contributed by atoms with Crippen LogP contribution in [0.25, 0.3) is 0 Å². The van der Waals surface area contributed by atoms with Crippen molar-refractivity contribution < 1.29 is 26.3 Å². The molecule has 0 saturated heterocycles. The Morgan fingerprint density at radius 2 is 1.87 bits per heavy atom. The van der Waals surface area contributed by atoms with Crippen LogP contribution in [0.4, 0.5) is 13.2 Å². The molecule has 0 aromatic heterocycles. The molecule has 0 spiro atoms. The van der Waals surface area contributed by atoms with Crippen LogP contribution in [0, 0.1) is 0 Å². The Morgan fingerprint density at radius 3 is 2.35 bits per heavy atom. The molecule has 0 saturated carbocycles. The maximum atomic E-state index is 12.0. The number of nitrogens with zero attached hydrogens (tertiary/aromatic N) is 1. The molecule has 132 valence electrons. The van der Waals surface area contributed by atoms with Gasteiger partial charge in [0.25, 0.3) is 0 Å². The number of benzene rings is 1. The van der Waals surface area contributed by atoms with E-state index in [4.69, 9.17) is 5.73 Å². The van der Waals surface area contributed by atoms with E-state index in [1.54, 1.807) is 0 Å². The highest BCUT2D eigenvalue weighted by Gasteiger charge is 2.30. The van der Waals surface area contributed by atoms with Gasteiger partial charge < -0.3 is 15.8 Å². The van der Waals surface area contributed by atoms with Gasteiger partial charge in [-0.05, 0) is 17.7 Å². The highest BCUT2D eigenvalue weighted by atomic mass is 127. The summed E-state index contributed by atoms with van der Waals surface area (Å²) in [5.74, 6) is -0.342. The minimum atomic E-state index is -4.73. The van der Waals surface area contributed by atoms with E-state index in [0.29, 0.717) is 5.56 Å². The van der Waals surface area contributed by atoms with Crippen molar-refractivity contribution in [3.8, 4) is 5.75 Å². The van der Waals surface area contributed by atoms with E-state index in [2.05, 4.69) is 15.0 Å². The third-order valence-electron chi connectivity index (χ3n) is 2.37. The molecule has 3 N–H and O–H groups in total. The molecule has 0 aliphatic carbocycles. The number of guanidine groups is 1. The van der Waals surface area contributed by atoms with Crippen LogP contribution in [0.3, 0.4) is 0 Å². The summed E-state index contributed by atoms with van der Waals surface area (Å²) in [5, 5.41) is 2.63. The first kappa shape index (κ1) is 21.8. The van der Waals surface area contributed by atoms with Crippen molar-refractivity contribution in [1.82, 2.24) is 5.32 Å². The van der Waals surface area contributed by atoms with Gasteiger partial charge in [-0.15, -0.1) is 37.1 Å². The number of halogens is 4. The summed E-state index contributed by atoms with van der Waals surface area (Å²) < 4.78 is 61.5. The number of nitrogens with two attached hydrogens (primary N) is 1. The minimum absolute atomic E-state index is 0. The Hall–Kier alpha value is -1.24. The Balaban J connectivity index is 0.00000484. The fourth-order valence-electron chi connectivity index (χ4n) is 1.39. The highest BCUT2D eigenvalue weighted by Crippen LogP contribution is 2.22. The van der Waals surface area contributed by atoms with E-state index >= 15 is 0 Å². The van der Waals surface area contributed by atoms with Gasteiger partial charge in [-0.3, -0.25) is 0 Å². The fourth-order valence-corrected chi connectivity index (χ4v) is 1.87. The zero-order chi connectivity index (χ0) is 16.8. The maximum Gasteiger partial charge on any atom is 0.573 e. The quantitative estimate of drug-likeness (QED) is 0.377. The first-order valence-electron chi connectivity index (χ1n) is 6.11. The molecule has 23 heavy (non-hydrogen) atoms. The van der Waals surface area contributed by atoms with Crippen molar-refractivity contribution >= 4 is 39.8 Å². The summed E-state index contributed by atoms with van der Waals surface area (Å²) in [6, 6.07) is 5.19. The average molecular weight is 467 g/mol. The standard InChI is InChI=1S/C12H16F3N3O3S.HI/c1-22(19,20)7-6-17-11(16)18-8-9-2-4-10(5-3-9)21-12(13,14)15;/h2-5H,6-8H2,1H3,(H3,16,17,18);1H. The third kappa shape index (κ3) is 11.0. The SMILES string of the molecule is CS(=O)(=O)CCNC(N)=NCc1ccc(OC(F)(F)F)cc1.I. The lowest BCUT2D eigenvalue weighted by molar-refractivity contribution is -0.274. The summed E-state index contributed by atoms with van der Waals surface area (Å²) >= 11 is 0. The normalized spacial score (nSPS) is 12.4. The molecule has 0 aliphatic heterocycles. The molecule has 0 aliphatic rings. The molecular formula is C12H17F3IN3O3S. The number of alkyl halides is 3. The summed E-state index contributed by atoms with van der Waals surface area (Å²) in [6.07, 6.45) is -3.62. The predicted octanol–water partition coefficient (Wildman–Crippen LogP) is 1.65. The van der Waals surface area contributed by atoms with Gasteiger partial charge in [0.05, 0.1) is 12.3 Å². The summed E-state index contributed by atoms with van der Waals surface area (Å²) in [7, 11) is -3.09. The van der Waals surface area contributed by atoms with Crippen molar-refractivity contribution in [2.24, 2.45) is 10.7 Å². The summed E-state index contributed by atoms with van der Waals surface area (Å²) in [5.41, 5.74) is 6.16. The van der Waals surface area contributed by atoms with Gasteiger partial charge in [0.15, 0.2) is 5.96 Å². The molecular weight excluding hydrogens is 450 g/mol. The Morgan fingerprint density at radius 1 is 1.30 bits per heavy atom. The molecule has 0 atom stereocenters. The second-order valence-corrected chi connectivity index (χ2v) is 6.71. The third-order valence-corrected chi connectivity index (χ3v) is 3.31. The van der Waals surface area contributed by atoms with Crippen LogP contribution in [0.2, 0.25) is 0 Å². The van der Waals surface area contributed by atoms with Crippen molar-refractivity contribution in [1.29, 1.82) is 0 Å². The summed E-state index contributed by atoms with van der Waals surface area (Å²) in [4.78, 5) is 3.94. The van der Waals surface area contributed by atoms with Gasteiger partial charge in [0.2, 0.25) is 0 Å². The lowest BCUT2D eigenvalue weighted by atomic mass is 10.2. The average Bonchev–Trinajstić information content (AvgIpc) is 2.34. The first-order valence-corrected chi connectivity index (χ1v) is 8.17. The molecule has 1 rings (SSSR count). The first-order chi connectivity index (χ1) is 10.1. The van der Waals surface area contributed by atoms with Crippen molar-refractivity contribution in [2.45, 2.75) is 12.9 Å². The number of nitrogens with one attached hydrogen (secondary N) is 1. The van der Waals surface area contributed by atoms with Crippen molar-refractivity contribution in [3.63, 3.8) is 0 Å². The highest BCUT2D eigenvalue weighted by molar-refractivity contribution is 14.0. The Bertz CT molecular complexity index is 619.